The zero-order valence-corrected chi connectivity index (χ0v) is 14.2. The van der Waals surface area contributed by atoms with Gasteiger partial charge in [0.25, 0.3) is 0 Å². The molecule has 1 heterocycles. The molecule has 0 spiro atoms. The van der Waals surface area contributed by atoms with Crippen LogP contribution in [0, 0.1) is 5.92 Å². The zero-order chi connectivity index (χ0) is 15.4. The van der Waals surface area contributed by atoms with Crippen LogP contribution in [0.15, 0.2) is 42.5 Å². The van der Waals surface area contributed by atoms with Crippen LogP contribution in [0.1, 0.15) is 37.8 Å². The van der Waals surface area contributed by atoms with E-state index in [9.17, 15) is 0 Å². The van der Waals surface area contributed by atoms with Crippen molar-refractivity contribution in [2.75, 3.05) is 39.8 Å². The fourth-order valence-corrected chi connectivity index (χ4v) is 4.04. The van der Waals surface area contributed by atoms with Crippen LogP contribution in [-0.4, -0.2) is 49.2 Å². The van der Waals surface area contributed by atoms with Gasteiger partial charge < -0.3 is 4.48 Å². The molecule has 0 saturated carbocycles. The Morgan fingerprint density at radius 1 is 1.18 bits per heavy atom. The van der Waals surface area contributed by atoms with Gasteiger partial charge in [-0.25, -0.2) is 0 Å². The Morgan fingerprint density at radius 2 is 1.91 bits per heavy atom. The van der Waals surface area contributed by atoms with E-state index in [1.54, 1.807) is 0 Å². The Balaban J connectivity index is 1.80. The van der Waals surface area contributed by atoms with E-state index in [-0.39, 0.29) is 0 Å². The maximum atomic E-state index is 2.76. The number of piperazine rings is 1. The van der Waals surface area contributed by atoms with E-state index >= 15 is 0 Å². The summed E-state index contributed by atoms with van der Waals surface area (Å²) in [7, 11) is 2.41. The molecule has 1 fully saturated rings. The van der Waals surface area contributed by atoms with Gasteiger partial charge in [-0.1, -0.05) is 42.5 Å². The highest BCUT2D eigenvalue weighted by Crippen LogP contribution is 2.36. The molecule has 2 unspecified atom stereocenters. The maximum absolute atomic E-state index is 2.76. The monoisotopic (exact) mass is 299 g/mol. The number of quaternary nitrogens is 1. The first kappa shape index (κ1) is 15.8. The van der Waals surface area contributed by atoms with Gasteiger partial charge in [0.05, 0.1) is 26.7 Å². The second-order valence-corrected chi connectivity index (χ2v) is 7.30. The van der Waals surface area contributed by atoms with Crippen molar-refractivity contribution in [2.45, 2.75) is 32.2 Å². The molecule has 0 bridgehead atoms. The minimum Gasteiger partial charge on any atom is -0.324 e. The van der Waals surface area contributed by atoms with E-state index in [2.05, 4.69) is 61.4 Å². The van der Waals surface area contributed by atoms with Gasteiger partial charge in [-0.05, 0) is 37.7 Å². The minimum atomic E-state index is 0.573. The van der Waals surface area contributed by atoms with Crippen molar-refractivity contribution in [1.29, 1.82) is 0 Å². The molecule has 120 valence electrons. The van der Waals surface area contributed by atoms with E-state index in [0.29, 0.717) is 12.0 Å². The van der Waals surface area contributed by atoms with E-state index < -0.39 is 0 Å². The first-order chi connectivity index (χ1) is 10.7. The Bertz CT molecular complexity index is 486. The van der Waals surface area contributed by atoms with Gasteiger partial charge in [0.1, 0.15) is 0 Å². The molecule has 2 heteroatoms. The second kappa shape index (κ2) is 6.97. The summed E-state index contributed by atoms with van der Waals surface area (Å²) in [6, 6.07) is 11.8. The molecule has 2 nitrogen and oxygen atoms in total. The molecule has 0 radical (unpaired) electrons. The van der Waals surface area contributed by atoms with Crippen LogP contribution in [0.2, 0.25) is 0 Å². The summed E-state index contributed by atoms with van der Waals surface area (Å²) in [6.45, 7) is 8.62. The fraction of sp³-hybridized carbons (Fsp3) is 0.600. The van der Waals surface area contributed by atoms with Crippen LogP contribution in [0.5, 0.6) is 0 Å². The summed E-state index contributed by atoms with van der Waals surface area (Å²) in [5.41, 5.74) is 1.51. The lowest BCUT2D eigenvalue weighted by atomic mass is 9.84. The molecule has 0 aromatic heterocycles. The number of hydrogen-bond donors (Lipinski definition) is 0. The molecular weight excluding hydrogens is 268 g/mol. The highest BCUT2D eigenvalue weighted by molar-refractivity contribution is 5.22. The van der Waals surface area contributed by atoms with Crippen molar-refractivity contribution in [1.82, 2.24) is 4.90 Å². The van der Waals surface area contributed by atoms with Gasteiger partial charge in [0.2, 0.25) is 0 Å². The third-order valence-corrected chi connectivity index (χ3v) is 5.85. The molecule has 1 saturated heterocycles. The van der Waals surface area contributed by atoms with Crippen LogP contribution in [-0.2, 0) is 0 Å². The topological polar surface area (TPSA) is 3.24 Å². The Kier molecular flexibility index (Phi) is 5.00. The van der Waals surface area contributed by atoms with Gasteiger partial charge in [-0.3, -0.25) is 4.90 Å². The molecular formula is C20H31N2+. The summed E-state index contributed by atoms with van der Waals surface area (Å²) < 4.78 is 1.23. The van der Waals surface area contributed by atoms with Crippen molar-refractivity contribution in [2.24, 2.45) is 5.92 Å². The molecule has 2 atom stereocenters. The average molecular weight is 299 g/mol. The lowest BCUT2D eigenvalue weighted by Crippen LogP contribution is -2.58. The van der Waals surface area contributed by atoms with Crippen LogP contribution < -0.4 is 0 Å². The second-order valence-electron chi connectivity index (χ2n) is 7.30. The van der Waals surface area contributed by atoms with Gasteiger partial charge in [0.15, 0.2) is 0 Å². The number of hydrogen-bond acceptors (Lipinski definition) is 1. The van der Waals surface area contributed by atoms with Crippen molar-refractivity contribution in [3.63, 3.8) is 0 Å². The van der Waals surface area contributed by atoms with Crippen molar-refractivity contribution >= 4 is 0 Å². The molecule has 0 amide bonds. The number of benzene rings is 1. The Labute approximate surface area is 136 Å². The Morgan fingerprint density at radius 3 is 2.50 bits per heavy atom. The van der Waals surface area contributed by atoms with Gasteiger partial charge in [0, 0.05) is 19.1 Å². The van der Waals surface area contributed by atoms with Crippen LogP contribution in [0.25, 0.3) is 0 Å². The molecule has 1 aromatic carbocycles. The third kappa shape index (κ3) is 3.44. The quantitative estimate of drug-likeness (QED) is 0.603. The molecule has 2 aliphatic rings. The predicted octanol–water partition coefficient (Wildman–Crippen LogP) is 3.87. The van der Waals surface area contributed by atoms with Crippen LogP contribution >= 0.6 is 0 Å². The highest BCUT2D eigenvalue weighted by atomic mass is 15.4. The van der Waals surface area contributed by atoms with Crippen molar-refractivity contribution in [3.8, 4) is 0 Å². The van der Waals surface area contributed by atoms with Gasteiger partial charge >= 0.3 is 0 Å². The van der Waals surface area contributed by atoms with Crippen molar-refractivity contribution < 1.29 is 4.48 Å². The summed E-state index contributed by atoms with van der Waals surface area (Å²) in [5, 5.41) is 0. The summed E-state index contributed by atoms with van der Waals surface area (Å²) in [5.74, 6) is 0.689. The molecule has 3 rings (SSSR count). The molecule has 1 aromatic rings. The van der Waals surface area contributed by atoms with E-state index in [1.807, 2.05) is 0 Å². The molecule has 0 N–H and O–H groups in total. The van der Waals surface area contributed by atoms with Crippen LogP contribution in [0.4, 0.5) is 0 Å². The van der Waals surface area contributed by atoms with E-state index in [4.69, 9.17) is 0 Å². The number of rotatable bonds is 4. The normalized spacial score (nSPS) is 26.7. The zero-order valence-electron chi connectivity index (χ0n) is 14.2. The van der Waals surface area contributed by atoms with E-state index in [0.717, 1.165) is 0 Å². The summed E-state index contributed by atoms with van der Waals surface area (Å²) >= 11 is 0. The largest absolute Gasteiger partial charge is 0.324 e. The van der Waals surface area contributed by atoms with Crippen molar-refractivity contribution in [3.05, 3.63) is 48.0 Å². The van der Waals surface area contributed by atoms with Crippen LogP contribution in [0.3, 0.4) is 0 Å². The Hall–Kier alpha value is -1.12. The number of likely N-dealkylation sites (N-methyl/N-ethyl adjacent to an activating group) is 1. The highest BCUT2D eigenvalue weighted by Gasteiger charge is 2.34. The lowest BCUT2D eigenvalue weighted by molar-refractivity contribution is -0.912. The van der Waals surface area contributed by atoms with Gasteiger partial charge in [-0.2, -0.15) is 0 Å². The van der Waals surface area contributed by atoms with Gasteiger partial charge in [-0.15, -0.1) is 0 Å². The molecule has 22 heavy (non-hydrogen) atoms. The average Bonchev–Trinajstić information content (AvgIpc) is 2.59. The lowest BCUT2D eigenvalue weighted by Gasteiger charge is -2.46. The summed E-state index contributed by atoms with van der Waals surface area (Å²) in [6.07, 6.45) is 8.85. The number of nitrogens with zero attached hydrogens (tertiary/aromatic N) is 2. The predicted molar refractivity (Wildman–Crippen MR) is 93.7 cm³/mol. The smallest absolute Gasteiger partial charge is 0.0914 e. The summed E-state index contributed by atoms with van der Waals surface area (Å²) in [4.78, 5) is 2.76. The third-order valence-electron chi connectivity index (χ3n) is 5.85. The first-order valence-corrected chi connectivity index (χ1v) is 9.01. The number of allylic oxidation sites excluding steroid dienone is 1. The molecule has 1 aliphatic carbocycles. The van der Waals surface area contributed by atoms with E-state index in [1.165, 1.54) is 62.0 Å². The first-order valence-electron chi connectivity index (χ1n) is 9.01. The standard InChI is InChI=1S/C20H31N2/c1-3-22(2)16-14-21(15-17-22)20(18-10-6-4-7-11-18)19-12-8-5-9-13-19/h4,6-8,10-12,19-20H,3,5,9,13-17H2,1-2H3/q+1. The SMILES string of the molecule is CC[N+]1(C)CCN(C(c2ccccc2)C2C=CCCC2)CC1. The maximum Gasteiger partial charge on any atom is 0.0914 e. The molecule has 1 aliphatic heterocycles. The minimum absolute atomic E-state index is 0.573. The fourth-order valence-electron chi connectivity index (χ4n) is 4.04.